The van der Waals surface area contributed by atoms with Crippen LogP contribution < -0.4 is 4.72 Å². The van der Waals surface area contributed by atoms with Gasteiger partial charge in [-0.3, -0.25) is 0 Å². The maximum atomic E-state index is 11.7. The van der Waals surface area contributed by atoms with Gasteiger partial charge in [-0.2, -0.15) is 0 Å². The second-order valence-corrected chi connectivity index (χ2v) is 4.91. The summed E-state index contributed by atoms with van der Waals surface area (Å²) >= 11 is 0. The summed E-state index contributed by atoms with van der Waals surface area (Å²) in [6.45, 7) is 4.02. The van der Waals surface area contributed by atoms with E-state index in [4.69, 9.17) is 0 Å². The molecule has 0 aliphatic heterocycles. The number of allylic oxidation sites excluding steroid dienone is 1. The highest BCUT2D eigenvalue weighted by molar-refractivity contribution is 7.89. The molecule has 15 heavy (non-hydrogen) atoms. The molecule has 0 atom stereocenters. The van der Waals surface area contributed by atoms with Crippen LogP contribution >= 0.6 is 0 Å². The fourth-order valence-corrected chi connectivity index (χ4v) is 2.23. The molecule has 0 radical (unpaired) electrons. The van der Waals surface area contributed by atoms with Crippen LogP contribution in [-0.2, 0) is 10.0 Å². The van der Waals surface area contributed by atoms with E-state index >= 15 is 0 Å². The van der Waals surface area contributed by atoms with E-state index in [2.05, 4.69) is 11.3 Å². The highest BCUT2D eigenvalue weighted by Gasteiger charge is 2.11. The summed E-state index contributed by atoms with van der Waals surface area (Å²) in [5, 5.41) is 0. The minimum atomic E-state index is -3.33. The van der Waals surface area contributed by atoms with Crippen LogP contribution in [0.5, 0.6) is 0 Å². The van der Waals surface area contributed by atoms with E-state index in [1.165, 1.54) is 0 Å². The second kappa shape index (κ2) is 5.68. The van der Waals surface area contributed by atoms with Gasteiger partial charge in [0.25, 0.3) is 0 Å². The predicted molar refractivity (Wildman–Crippen MR) is 61.1 cm³/mol. The highest BCUT2D eigenvalue weighted by Crippen LogP contribution is 2.06. The molecular weight excluding hydrogens is 210 g/mol. The van der Waals surface area contributed by atoms with Crippen molar-refractivity contribution in [2.75, 3.05) is 6.54 Å². The Balaban J connectivity index is 2.57. The number of nitrogens with one attached hydrogen (secondary N) is 1. The Kier molecular flexibility index (Phi) is 4.52. The van der Waals surface area contributed by atoms with Crippen LogP contribution in [0.4, 0.5) is 0 Å². The molecular formula is C11H15NO2S. The molecule has 0 saturated heterocycles. The monoisotopic (exact) mass is 225 g/mol. The minimum absolute atomic E-state index is 0.309. The van der Waals surface area contributed by atoms with Crippen LogP contribution in [0.3, 0.4) is 0 Å². The van der Waals surface area contributed by atoms with Crippen molar-refractivity contribution in [3.8, 4) is 0 Å². The fraction of sp³-hybridized carbons (Fsp3) is 0.273. The third kappa shape index (κ3) is 3.85. The highest BCUT2D eigenvalue weighted by atomic mass is 32.2. The molecule has 1 rings (SSSR count). The molecule has 0 aliphatic rings. The van der Waals surface area contributed by atoms with E-state index in [1.54, 1.807) is 36.4 Å². The molecule has 0 fully saturated rings. The molecule has 0 heterocycles. The van der Waals surface area contributed by atoms with E-state index in [9.17, 15) is 8.42 Å². The van der Waals surface area contributed by atoms with Gasteiger partial charge < -0.3 is 0 Å². The van der Waals surface area contributed by atoms with Crippen LogP contribution in [0.1, 0.15) is 12.8 Å². The van der Waals surface area contributed by atoms with E-state index in [-0.39, 0.29) is 0 Å². The summed E-state index contributed by atoms with van der Waals surface area (Å²) in [5.74, 6) is 0. The maximum Gasteiger partial charge on any atom is 0.240 e. The second-order valence-electron chi connectivity index (χ2n) is 3.14. The number of unbranched alkanes of at least 4 members (excludes halogenated alkanes) is 1. The predicted octanol–water partition coefficient (Wildman–Crippen LogP) is 1.93. The molecule has 0 spiro atoms. The van der Waals surface area contributed by atoms with Crippen LogP contribution in [0, 0.1) is 0 Å². The number of hydrogen-bond donors (Lipinski definition) is 1. The largest absolute Gasteiger partial charge is 0.240 e. The van der Waals surface area contributed by atoms with Crippen molar-refractivity contribution in [2.24, 2.45) is 0 Å². The maximum absolute atomic E-state index is 11.7. The first kappa shape index (κ1) is 11.9. The Labute approximate surface area is 90.9 Å². The zero-order valence-electron chi connectivity index (χ0n) is 8.52. The Morgan fingerprint density at radius 3 is 2.53 bits per heavy atom. The molecule has 0 saturated carbocycles. The van der Waals surface area contributed by atoms with Crippen LogP contribution in [0.2, 0.25) is 0 Å². The lowest BCUT2D eigenvalue weighted by Crippen LogP contribution is -2.24. The Hall–Kier alpha value is -1.13. The summed E-state index contributed by atoms with van der Waals surface area (Å²) in [6, 6.07) is 8.36. The third-order valence-corrected chi connectivity index (χ3v) is 3.41. The fourth-order valence-electron chi connectivity index (χ4n) is 1.14. The van der Waals surface area contributed by atoms with Crippen LogP contribution in [0.25, 0.3) is 0 Å². The summed E-state index contributed by atoms with van der Waals surface area (Å²) in [7, 11) is -3.33. The first-order valence-electron chi connectivity index (χ1n) is 4.82. The molecule has 82 valence electrons. The first-order chi connectivity index (χ1) is 7.17. The quantitative estimate of drug-likeness (QED) is 0.594. The van der Waals surface area contributed by atoms with Gasteiger partial charge in [-0.1, -0.05) is 24.3 Å². The molecule has 0 aromatic heterocycles. The molecule has 1 N–H and O–H groups in total. The normalized spacial score (nSPS) is 11.2. The Bertz CT molecular complexity index is 398. The van der Waals surface area contributed by atoms with Crippen LogP contribution in [-0.4, -0.2) is 15.0 Å². The van der Waals surface area contributed by atoms with E-state index in [1.807, 2.05) is 0 Å². The molecule has 0 aliphatic carbocycles. The molecule has 1 aromatic carbocycles. The summed E-state index contributed by atoms with van der Waals surface area (Å²) in [4.78, 5) is 0.309. The average molecular weight is 225 g/mol. The van der Waals surface area contributed by atoms with Crippen molar-refractivity contribution in [1.82, 2.24) is 4.72 Å². The SMILES string of the molecule is C=CCCCNS(=O)(=O)c1ccccc1. The van der Waals surface area contributed by atoms with Crippen molar-refractivity contribution < 1.29 is 8.42 Å². The third-order valence-electron chi connectivity index (χ3n) is 1.93. The number of benzene rings is 1. The van der Waals surface area contributed by atoms with Gasteiger partial charge in [0.1, 0.15) is 0 Å². The topological polar surface area (TPSA) is 46.2 Å². The lowest BCUT2D eigenvalue weighted by Gasteiger charge is -2.05. The van der Waals surface area contributed by atoms with E-state index in [0.717, 1.165) is 12.8 Å². The van der Waals surface area contributed by atoms with Gasteiger partial charge in [0.05, 0.1) is 4.90 Å². The summed E-state index contributed by atoms with van der Waals surface area (Å²) in [6.07, 6.45) is 3.36. The van der Waals surface area contributed by atoms with Crippen molar-refractivity contribution in [3.63, 3.8) is 0 Å². The van der Waals surface area contributed by atoms with Gasteiger partial charge in [0.15, 0.2) is 0 Å². The van der Waals surface area contributed by atoms with Crippen molar-refractivity contribution >= 4 is 10.0 Å². The standard InChI is InChI=1S/C11H15NO2S/c1-2-3-7-10-12-15(13,14)11-8-5-4-6-9-11/h2,4-6,8-9,12H,1,3,7,10H2. The van der Waals surface area contributed by atoms with Gasteiger partial charge in [0, 0.05) is 6.54 Å². The molecule has 1 aromatic rings. The zero-order chi connectivity index (χ0) is 11.1. The summed E-state index contributed by atoms with van der Waals surface area (Å²) in [5.41, 5.74) is 0. The lowest BCUT2D eigenvalue weighted by atomic mass is 10.3. The Morgan fingerprint density at radius 1 is 1.27 bits per heavy atom. The van der Waals surface area contributed by atoms with Crippen molar-refractivity contribution in [2.45, 2.75) is 17.7 Å². The van der Waals surface area contributed by atoms with Gasteiger partial charge >= 0.3 is 0 Å². The number of rotatable bonds is 6. The Morgan fingerprint density at radius 2 is 1.93 bits per heavy atom. The van der Waals surface area contributed by atoms with Crippen molar-refractivity contribution in [1.29, 1.82) is 0 Å². The zero-order valence-corrected chi connectivity index (χ0v) is 9.33. The van der Waals surface area contributed by atoms with Crippen molar-refractivity contribution in [3.05, 3.63) is 43.0 Å². The van der Waals surface area contributed by atoms with Crippen LogP contribution in [0.15, 0.2) is 47.9 Å². The van der Waals surface area contributed by atoms with Gasteiger partial charge in [-0.25, -0.2) is 13.1 Å². The molecule has 0 amide bonds. The van der Waals surface area contributed by atoms with E-state index in [0.29, 0.717) is 11.4 Å². The van der Waals surface area contributed by atoms with Gasteiger partial charge in [-0.15, -0.1) is 6.58 Å². The van der Waals surface area contributed by atoms with E-state index < -0.39 is 10.0 Å². The lowest BCUT2D eigenvalue weighted by molar-refractivity contribution is 0.579. The smallest absolute Gasteiger partial charge is 0.211 e. The molecule has 0 bridgehead atoms. The number of hydrogen-bond acceptors (Lipinski definition) is 2. The molecule has 4 heteroatoms. The number of sulfonamides is 1. The molecule has 0 unspecified atom stereocenters. The van der Waals surface area contributed by atoms with Gasteiger partial charge in [-0.05, 0) is 25.0 Å². The van der Waals surface area contributed by atoms with Gasteiger partial charge in [0.2, 0.25) is 10.0 Å². The molecule has 3 nitrogen and oxygen atoms in total. The minimum Gasteiger partial charge on any atom is -0.211 e. The summed E-state index contributed by atoms with van der Waals surface area (Å²) < 4.78 is 25.9. The first-order valence-corrected chi connectivity index (χ1v) is 6.31. The average Bonchev–Trinajstić information content (AvgIpc) is 2.26.